The molecule has 0 radical (unpaired) electrons. The third-order valence-corrected chi connectivity index (χ3v) is 3.02. The van der Waals surface area contributed by atoms with Gasteiger partial charge in [-0.05, 0) is 25.0 Å². The molecular weight excluding hydrogens is 272 g/mol. The van der Waals surface area contributed by atoms with Gasteiger partial charge in [0.2, 0.25) is 0 Å². The first-order valence-corrected chi connectivity index (χ1v) is 7.34. The normalized spacial score (nSPS) is 10.6. The van der Waals surface area contributed by atoms with E-state index in [9.17, 15) is 0 Å². The Hall–Kier alpha value is -1.68. The van der Waals surface area contributed by atoms with Crippen LogP contribution in [0.25, 0.3) is 11.5 Å². The van der Waals surface area contributed by atoms with E-state index in [4.69, 9.17) is 11.6 Å². The van der Waals surface area contributed by atoms with E-state index in [1.165, 1.54) is 0 Å². The zero-order valence-electron chi connectivity index (χ0n) is 11.9. The Balaban J connectivity index is 2.34. The van der Waals surface area contributed by atoms with Gasteiger partial charge in [-0.1, -0.05) is 31.9 Å². The third-order valence-electron chi connectivity index (χ3n) is 2.80. The molecule has 20 heavy (non-hydrogen) atoms. The van der Waals surface area contributed by atoms with Gasteiger partial charge in [0.05, 0.1) is 5.02 Å². The molecule has 0 aliphatic rings. The molecule has 0 aliphatic heterocycles. The van der Waals surface area contributed by atoms with Gasteiger partial charge in [0.1, 0.15) is 11.5 Å². The molecule has 2 aromatic heterocycles. The van der Waals surface area contributed by atoms with Gasteiger partial charge in [-0.3, -0.25) is 4.98 Å². The molecule has 5 heteroatoms. The monoisotopic (exact) mass is 290 g/mol. The largest absolute Gasteiger partial charge is 0.370 e. The first-order chi connectivity index (χ1) is 9.72. The Morgan fingerprint density at radius 3 is 2.65 bits per heavy atom. The van der Waals surface area contributed by atoms with Gasteiger partial charge in [0.25, 0.3) is 0 Å². The Morgan fingerprint density at radius 2 is 2.00 bits per heavy atom. The SMILES string of the molecule is CCCNc1cc(CCC)nc(-c2ccc(Cl)cn2)n1. The second kappa shape index (κ2) is 7.20. The molecule has 0 amide bonds. The van der Waals surface area contributed by atoms with Crippen molar-refractivity contribution in [3.05, 3.63) is 35.1 Å². The topological polar surface area (TPSA) is 50.7 Å². The summed E-state index contributed by atoms with van der Waals surface area (Å²) in [4.78, 5) is 13.4. The molecule has 0 aromatic carbocycles. The number of hydrogen-bond donors (Lipinski definition) is 1. The summed E-state index contributed by atoms with van der Waals surface area (Å²) in [7, 11) is 0. The molecule has 0 fully saturated rings. The number of nitrogens with one attached hydrogen (secondary N) is 1. The smallest absolute Gasteiger partial charge is 0.180 e. The lowest BCUT2D eigenvalue weighted by atomic mass is 10.2. The van der Waals surface area contributed by atoms with E-state index >= 15 is 0 Å². The molecule has 0 unspecified atom stereocenters. The second-order valence-electron chi connectivity index (χ2n) is 4.61. The van der Waals surface area contributed by atoms with E-state index in [2.05, 4.69) is 34.1 Å². The number of pyridine rings is 1. The average molecular weight is 291 g/mol. The molecule has 2 rings (SSSR count). The number of anilines is 1. The van der Waals surface area contributed by atoms with Crippen molar-refractivity contribution >= 4 is 17.4 Å². The minimum absolute atomic E-state index is 0.614. The molecule has 2 aromatic rings. The molecular formula is C15H19ClN4. The maximum Gasteiger partial charge on any atom is 0.180 e. The highest BCUT2D eigenvalue weighted by Gasteiger charge is 2.07. The number of hydrogen-bond acceptors (Lipinski definition) is 4. The minimum atomic E-state index is 0.614. The molecule has 0 atom stereocenters. The van der Waals surface area contributed by atoms with E-state index < -0.39 is 0 Å². The lowest BCUT2D eigenvalue weighted by Crippen LogP contribution is -2.06. The predicted molar refractivity (Wildman–Crippen MR) is 83.0 cm³/mol. The van der Waals surface area contributed by atoms with Crippen LogP contribution in [0.4, 0.5) is 5.82 Å². The summed E-state index contributed by atoms with van der Waals surface area (Å²) in [6.07, 6.45) is 4.66. The van der Waals surface area contributed by atoms with Gasteiger partial charge in [-0.15, -0.1) is 0 Å². The number of halogens is 1. The Kier molecular flexibility index (Phi) is 5.30. The summed E-state index contributed by atoms with van der Waals surface area (Å²) in [6.45, 7) is 5.17. The highest BCUT2D eigenvalue weighted by molar-refractivity contribution is 6.30. The van der Waals surface area contributed by atoms with E-state index in [0.717, 1.165) is 43.0 Å². The fourth-order valence-corrected chi connectivity index (χ4v) is 1.96. The highest BCUT2D eigenvalue weighted by atomic mass is 35.5. The minimum Gasteiger partial charge on any atom is -0.370 e. The fraction of sp³-hybridized carbons (Fsp3) is 0.400. The fourth-order valence-electron chi connectivity index (χ4n) is 1.85. The van der Waals surface area contributed by atoms with Crippen molar-refractivity contribution in [3.63, 3.8) is 0 Å². The van der Waals surface area contributed by atoms with Crippen LogP contribution >= 0.6 is 11.6 Å². The quantitative estimate of drug-likeness (QED) is 0.875. The predicted octanol–water partition coefficient (Wildman–Crippen LogP) is 3.97. The summed E-state index contributed by atoms with van der Waals surface area (Å²) in [5.74, 6) is 1.50. The molecule has 0 saturated carbocycles. The van der Waals surface area contributed by atoms with Crippen LogP contribution in [0.3, 0.4) is 0 Å². The first-order valence-electron chi connectivity index (χ1n) is 6.96. The summed E-state index contributed by atoms with van der Waals surface area (Å²) in [5.41, 5.74) is 1.78. The van der Waals surface area contributed by atoms with Gasteiger partial charge in [0, 0.05) is 24.5 Å². The molecule has 0 saturated heterocycles. The van der Waals surface area contributed by atoms with Gasteiger partial charge in [-0.25, -0.2) is 9.97 Å². The summed E-state index contributed by atoms with van der Waals surface area (Å²) in [6, 6.07) is 5.66. The van der Waals surface area contributed by atoms with E-state index in [0.29, 0.717) is 10.8 Å². The van der Waals surface area contributed by atoms with Crippen LogP contribution in [0.2, 0.25) is 5.02 Å². The molecule has 0 aliphatic carbocycles. The standard InChI is InChI=1S/C15H19ClN4/c1-3-5-12-9-14(17-8-4-2)20-15(19-12)13-7-6-11(16)10-18-13/h6-7,9-10H,3-5,8H2,1-2H3,(H,17,19,20). The number of aryl methyl sites for hydroxylation is 1. The number of nitrogens with zero attached hydrogens (tertiary/aromatic N) is 3. The first kappa shape index (κ1) is 14.7. The van der Waals surface area contributed by atoms with Crippen LogP contribution in [0, 0.1) is 0 Å². The van der Waals surface area contributed by atoms with Gasteiger partial charge < -0.3 is 5.32 Å². The maximum atomic E-state index is 5.86. The summed E-state index contributed by atoms with van der Waals surface area (Å²) in [5, 5.41) is 3.92. The van der Waals surface area contributed by atoms with Crippen LogP contribution in [0.15, 0.2) is 24.4 Å². The summed E-state index contributed by atoms with van der Waals surface area (Å²) < 4.78 is 0. The van der Waals surface area contributed by atoms with Crippen LogP contribution in [-0.2, 0) is 6.42 Å². The molecule has 2 heterocycles. The van der Waals surface area contributed by atoms with Crippen molar-refractivity contribution in [1.29, 1.82) is 0 Å². The van der Waals surface area contributed by atoms with Crippen LogP contribution in [-0.4, -0.2) is 21.5 Å². The molecule has 1 N–H and O–H groups in total. The van der Waals surface area contributed by atoms with Gasteiger partial charge in [-0.2, -0.15) is 0 Å². The zero-order valence-corrected chi connectivity index (χ0v) is 12.6. The number of rotatable bonds is 6. The van der Waals surface area contributed by atoms with Gasteiger partial charge in [0.15, 0.2) is 5.82 Å². The van der Waals surface area contributed by atoms with Crippen LogP contribution in [0.1, 0.15) is 32.4 Å². The Labute approximate surface area is 124 Å². The average Bonchev–Trinajstić information content (AvgIpc) is 2.46. The van der Waals surface area contributed by atoms with Gasteiger partial charge >= 0.3 is 0 Å². The van der Waals surface area contributed by atoms with Crippen molar-refractivity contribution in [2.24, 2.45) is 0 Å². The second-order valence-corrected chi connectivity index (χ2v) is 5.04. The van der Waals surface area contributed by atoms with Crippen LogP contribution in [0.5, 0.6) is 0 Å². The van der Waals surface area contributed by atoms with Crippen molar-refractivity contribution in [2.45, 2.75) is 33.1 Å². The van der Waals surface area contributed by atoms with E-state index in [1.54, 1.807) is 12.3 Å². The Morgan fingerprint density at radius 1 is 1.15 bits per heavy atom. The van der Waals surface area contributed by atoms with Crippen molar-refractivity contribution in [3.8, 4) is 11.5 Å². The molecule has 0 bridgehead atoms. The maximum absolute atomic E-state index is 5.86. The third kappa shape index (κ3) is 3.90. The lowest BCUT2D eigenvalue weighted by Gasteiger charge is -2.09. The van der Waals surface area contributed by atoms with Crippen molar-refractivity contribution < 1.29 is 0 Å². The number of aromatic nitrogens is 3. The summed E-state index contributed by atoms with van der Waals surface area (Å²) >= 11 is 5.86. The van der Waals surface area contributed by atoms with E-state index in [1.807, 2.05) is 12.1 Å². The Bertz CT molecular complexity index is 554. The van der Waals surface area contributed by atoms with E-state index in [-0.39, 0.29) is 0 Å². The molecule has 0 spiro atoms. The molecule has 106 valence electrons. The highest BCUT2D eigenvalue weighted by Crippen LogP contribution is 2.18. The van der Waals surface area contributed by atoms with Crippen molar-refractivity contribution in [1.82, 2.24) is 15.0 Å². The lowest BCUT2D eigenvalue weighted by molar-refractivity contribution is 0.871. The van der Waals surface area contributed by atoms with Crippen LogP contribution < -0.4 is 5.32 Å². The van der Waals surface area contributed by atoms with Crippen molar-refractivity contribution in [2.75, 3.05) is 11.9 Å². The zero-order chi connectivity index (χ0) is 14.4. The molecule has 4 nitrogen and oxygen atoms in total.